The molecule has 3 rings (SSSR count). The van der Waals surface area contributed by atoms with Gasteiger partial charge in [0.1, 0.15) is 0 Å². The standard InChI is InChI=1S/C23H28F2N2O6S/c1-4-17-6-7-18(14-21(17)34(29,30)27-9-11-32-12-10-27)22(28)26(2)15-16-5-8-19(33-23(24)25)20(13-16)31-3/h5-8,13-14,23H,4,9-12,15H2,1-3H3. The number of rotatable bonds is 9. The van der Waals surface area contributed by atoms with Gasteiger partial charge in [0.15, 0.2) is 11.5 Å². The lowest BCUT2D eigenvalue weighted by Gasteiger charge is -2.27. The molecule has 1 saturated heterocycles. The Balaban J connectivity index is 1.83. The molecular formula is C23H28F2N2O6S. The summed E-state index contributed by atoms with van der Waals surface area (Å²) in [5.74, 6) is -0.374. The minimum atomic E-state index is -3.78. The molecule has 186 valence electrons. The van der Waals surface area contributed by atoms with Crippen LogP contribution in [-0.2, 0) is 27.7 Å². The van der Waals surface area contributed by atoms with Crippen molar-refractivity contribution in [2.24, 2.45) is 0 Å². The van der Waals surface area contributed by atoms with Crippen LogP contribution in [0.25, 0.3) is 0 Å². The molecule has 0 aromatic heterocycles. The Bertz CT molecular complexity index is 1120. The summed E-state index contributed by atoms with van der Waals surface area (Å²) >= 11 is 0. The average molecular weight is 499 g/mol. The monoisotopic (exact) mass is 498 g/mol. The molecule has 1 heterocycles. The number of ether oxygens (including phenoxy) is 3. The van der Waals surface area contributed by atoms with Crippen LogP contribution in [0.2, 0.25) is 0 Å². The predicted molar refractivity (Wildman–Crippen MR) is 121 cm³/mol. The third-order valence-electron chi connectivity index (χ3n) is 5.49. The molecule has 0 unspecified atom stereocenters. The van der Waals surface area contributed by atoms with Crippen LogP contribution in [0.5, 0.6) is 11.5 Å². The number of alkyl halides is 2. The summed E-state index contributed by atoms with van der Waals surface area (Å²) in [6.07, 6.45) is 0.496. The van der Waals surface area contributed by atoms with E-state index >= 15 is 0 Å². The van der Waals surface area contributed by atoms with Crippen LogP contribution < -0.4 is 9.47 Å². The van der Waals surface area contributed by atoms with Crippen LogP contribution >= 0.6 is 0 Å². The highest BCUT2D eigenvalue weighted by Gasteiger charge is 2.29. The van der Waals surface area contributed by atoms with E-state index in [-0.39, 0.29) is 47.5 Å². The summed E-state index contributed by atoms with van der Waals surface area (Å²) in [5, 5.41) is 0. The van der Waals surface area contributed by atoms with Gasteiger partial charge in [0, 0.05) is 32.2 Å². The quantitative estimate of drug-likeness (QED) is 0.528. The molecule has 0 radical (unpaired) electrons. The molecule has 8 nitrogen and oxygen atoms in total. The largest absolute Gasteiger partial charge is 0.493 e. The molecule has 11 heteroatoms. The normalized spacial score (nSPS) is 14.8. The van der Waals surface area contributed by atoms with Crippen LogP contribution in [0.4, 0.5) is 8.78 Å². The fraction of sp³-hybridized carbons (Fsp3) is 0.435. The number of halogens is 2. The number of carbonyl (C=O) groups is 1. The number of hydrogen-bond acceptors (Lipinski definition) is 6. The Hall–Kier alpha value is -2.76. The number of sulfonamides is 1. The molecule has 0 saturated carbocycles. The average Bonchev–Trinajstić information content (AvgIpc) is 2.84. The molecule has 1 aliphatic rings. The van der Waals surface area contributed by atoms with E-state index in [4.69, 9.17) is 9.47 Å². The van der Waals surface area contributed by atoms with E-state index in [1.165, 1.54) is 34.5 Å². The summed E-state index contributed by atoms with van der Waals surface area (Å²) in [6.45, 7) is 0.187. The predicted octanol–water partition coefficient (Wildman–Crippen LogP) is 3.15. The van der Waals surface area contributed by atoms with Gasteiger partial charge in [-0.05, 0) is 41.8 Å². The zero-order valence-corrected chi connectivity index (χ0v) is 20.1. The first-order valence-corrected chi connectivity index (χ1v) is 12.2. The van der Waals surface area contributed by atoms with Crippen LogP contribution in [0, 0.1) is 0 Å². The number of nitrogens with zero attached hydrogens (tertiary/aromatic N) is 2. The number of benzene rings is 2. The van der Waals surface area contributed by atoms with Crippen molar-refractivity contribution in [3.63, 3.8) is 0 Å². The first kappa shape index (κ1) is 25.9. The molecule has 2 aromatic carbocycles. The molecule has 34 heavy (non-hydrogen) atoms. The molecule has 0 spiro atoms. The number of hydrogen-bond donors (Lipinski definition) is 0. The van der Waals surface area contributed by atoms with Gasteiger partial charge in [-0.2, -0.15) is 13.1 Å². The number of carbonyl (C=O) groups excluding carboxylic acids is 1. The van der Waals surface area contributed by atoms with Gasteiger partial charge in [-0.25, -0.2) is 8.42 Å². The summed E-state index contributed by atoms with van der Waals surface area (Å²) in [6, 6.07) is 9.10. The van der Waals surface area contributed by atoms with Crippen molar-refractivity contribution in [1.82, 2.24) is 9.21 Å². The summed E-state index contributed by atoms with van der Waals surface area (Å²) < 4.78 is 67.8. The van der Waals surface area contributed by atoms with Gasteiger partial charge >= 0.3 is 6.61 Å². The highest BCUT2D eigenvalue weighted by atomic mass is 32.2. The summed E-state index contributed by atoms with van der Waals surface area (Å²) in [4.78, 5) is 14.6. The third-order valence-corrected chi connectivity index (χ3v) is 7.47. The highest BCUT2D eigenvalue weighted by molar-refractivity contribution is 7.89. The van der Waals surface area contributed by atoms with E-state index in [1.807, 2.05) is 6.92 Å². The molecule has 1 amide bonds. The third kappa shape index (κ3) is 5.83. The molecule has 0 aliphatic carbocycles. The first-order valence-electron chi connectivity index (χ1n) is 10.7. The van der Waals surface area contributed by atoms with E-state index in [0.717, 1.165) is 0 Å². The van der Waals surface area contributed by atoms with Crippen LogP contribution in [0.3, 0.4) is 0 Å². The molecule has 1 aliphatic heterocycles. The van der Waals surface area contributed by atoms with Gasteiger partial charge in [0.2, 0.25) is 10.0 Å². The zero-order valence-electron chi connectivity index (χ0n) is 19.3. The Morgan fingerprint density at radius 2 is 1.85 bits per heavy atom. The maximum Gasteiger partial charge on any atom is 0.387 e. The summed E-state index contributed by atoms with van der Waals surface area (Å²) in [5.41, 5.74) is 1.49. The van der Waals surface area contributed by atoms with E-state index in [9.17, 15) is 22.0 Å². The van der Waals surface area contributed by atoms with Gasteiger partial charge in [0.25, 0.3) is 5.91 Å². The lowest BCUT2D eigenvalue weighted by Crippen LogP contribution is -2.41. The minimum absolute atomic E-state index is 0.108. The Kier molecular flexibility index (Phi) is 8.45. The molecule has 0 bridgehead atoms. The van der Waals surface area contributed by atoms with Crippen LogP contribution in [0.1, 0.15) is 28.4 Å². The van der Waals surface area contributed by atoms with Crippen molar-refractivity contribution in [3.8, 4) is 11.5 Å². The van der Waals surface area contributed by atoms with Gasteiger partial charge in [-0.1, -0.05) is 19.1 Å². The van der Waals surface area contributed by atoms with E-state index in [1.54, 1.807) is 25.2 Å². The number of aryl methyl sites for hydroxylation is 1. The molecule has 0 atom stereocenters. The smallest absolute Gasteiger partial charge is 0.387 e. The van der Waals surface area contributed by atoms with Crippen molar-refractivity contribution in [2.75, 3.05) is 40.5 Å². The molecular weight excluding hydrogens is 470 g/mol. The van der Waals surface area contributed by atoms with Crippen molar-refractivity contribution in [2.45, 2.75) is 31.4 Å². The first-order chi connectivity index (χ1) is 16.2. The van der Waals surface area contributed by atoms with Gasteiger partial charge in [0.05, 0.1) is 25.2 Å². The highest BCUT2D eigenvalue weighted by Crippen LogP contribution is 2.30. The van der Waals surface area contributed by atoms with Crippen molar-refractivity contribution in [1.29, 1.82) is 0 Å². The molecule has 0 N–H and O–H groups in total. The van der Waals surface area contributed by atoms with E-state index in [0.29, 0.717) is 30.8 Å². The van der Waals surface area contributed by atoms with Gasteiger partial charge in [-0.3, -0.25) is 4.79 Å². The lowest BCUT2D eigenvalue weighted by molar-refractivity contribution is -0.0512. The van der Waals surface area contributed by atoms with E-state index < -0.39 is 16.6 Å². The molecule has 1 fully saturated rings. The van der Waals surface area contributed by atoms with Gasteiger partial charge < -0.3 is 19.1 Å². The van der Waals surface area contributed by atoms with Crippen LogP contribution in [0.15, 0.2) is 41.3 Å². The fourth-order valence-electron chi connectivity index (χ4n) is 3.72. The van der Waals surface area contributed by atoms with Gasteiger partial charge in [-0.15, -0.1) is 0 Å². The number of methoxy groups -OCH3 is 1. The maximum atomic E-state index is 13.2. The maximum absolute atomic E-state index is 13.2. The topological polar surface area (TPSA) is 85.4 Å². The Morgan fingerprint density at radius 1 is 1.15 bits per heavy atom. The Labute approximate surface area is 198 Å². The lowest BCUT2D eigenvalue weighted by atomic mass is 10.1. The second kappa shape index (κ2) is 11.1. The molecule has 2 aromatic rings. The van der Waals surface area contributed by atoms with Crippen molar-refractivity contribution < 1.29 is 36.2 Å². The second-order valence-corrected chi connectivity index (χ2v) is 9.62. The number of morpholine rings is 1. The van der Waals surface area contributed by atoms with E-state index in [2.05, 4.69) is 4.74 Å². The SMILES string of the molecule is CCc1ccc(C(=O)N(C)Cc2ccc(OC(F)F)c(OC)c2)cc1S(=O)(=O)N1CCOCC1. The van der Waals surface area contributed by atoms with Crippen LogP contribution in [-0.4, -0.2) is 70.6 Å². The number of amides is 1. The Morgan fingerprint density at radius 3 is 2.47 bits per heavy atom. The van der Waals surface area contributed by atoms with Crippen molar-refractivity contribution in [3.05, 3.63) is 53.1 Å². The fourth-order valence-corrected chi connectivity index (χ4v) is 5.44. The second-order valence-electron chi connectivity index (χ2n) is 7.72. The zero-order chi connectivity index (χ0) is 24.9. The van der Waals surface area contributed by atoms with Crippen molar-refractivity contribution >= 4 is 15.9 Å². The summed E-state index contributed by atoms with van der Waals surface area (Å²) in [7, 11) is -0.875. The minimum Gasteiger partial charge on any atom is -0.493 e.